The number of carbonyl (C=O) groups excluding carboxylic acids is 4. The molecule has 0 bridgehead atoms. The lowest BCUT2D eigenvalue weighted by atomic mass is 9.96. The number of pyridine rings is 1. The van der Waals surface area contributed by atoms with Gasteiger partial charge < -0.3 is 24.9 Å². The highest BCUT2D eigenvalue weighted by molar-refractivity contribution is 6.18. The Morgan fingerprint density at radius 1 is 0.980 bits per heavy atom. The molecular weight excluding hydrogens is 634 g/mol. The summed E-state index contributed by atoms with van der Waals surface area (Å²) in [4.78, 5) is 65.7. The monoisotopic (exact) mass is 673 g/mol. The summed E-state index contributed by atoms with van der Waals surface area (Å²) in [5, 5.41) is 17.3. The van der Waals surface area contributed by atoms with Gasteiger partial charge in [0.25, 0.3) is 5.91 Å². The number of Topliss-reactive ketones (excluding diaryl/α,β-unsaturated/α-hetero) is 1. The highest BCUT2D eigenvalue weighted by Gasteiger charge is 2.33. The van der Waals surface area contributed by atoms with Crippen molar-refractivity contribution >= 4 is 46.0 Å². The van der Waals surface area contributed by atoms with Gasteiger partial charge in [-0.25, -0.2) is 0 Å². The summed E-state index contributed by atoms with van der Waals surface area (Å²) in [7, 11) is 0. The molecule has 0 aliphatic carbocycles. The second kappa shape index (κ2) is 15.6. The van der Waals surface area contributed by atoms with Gasteiger partial charge in [-0.2, -0.15) is 5.26 Å². The zero-order valence-electron chi connectivity index (χ0n) is 27.9. The molecule has 2 fully saturated rings. The van der Waals surface area contributed by atoms with Crippen LogP contribution in [0.1, 0.15) is 64.1 Å². The number of aryl methyl sites for hydroxylation is 1. The Labute approximate surface area is 290 Å². The molecule has 50 heavy (non-hydrogen) atoms. The van der Waals surface area contributed by atoms with Crippen molar-refractivity contribution in [3.63, 3.8) is 0 Å². The second-order valence-electron chi connectivity index (χ2n) is 12.7. The Bertz CT molecular complexity index is 1940. The number of nitriles is 1. The number of aliphatic imine (C=N–C) groups is 1. The molecule has 2 saturated heterocycles. The first kappa shape index (κ1) is 34.0. The first-order valence-electron chi connectivity index (χ1n) is 16.9. The van der Waals surface area contributed by atoms with Gasteiger partial charge in [-0.1, -0.05) is 12.1 Å². The number of hydrogen-bond donors (Lipinski definition) is 2. The minimum atomic E-state index is -1.39. The van der Waals surface area contributed by atoms with Crippen LogP contribution in [-0.2, 0) is 16.1 Å². The molecule has 0 saturated carbocycles. The molecule has 2 N–H and O–H groups in total. The molecule has 0 spiro atoms. The van der Waals surface area contributed by atoms with Gasteiger partial charge in [-0.15, -0.1) is 0 Å². The summed E-state index contributed by atoms with van der Waals surface area (Å²) in [6, 6.07) is 18.2. The zero-order valence-corrected chi connectivity index (χ0v) is 27.9. The molecule has 2 aliphatic rings. The van der Waals surface area contributed by atoms with Crippen LogP contribution in [-0.4, -0.2) is 76.3 Å². The molecule has 4 aromatic rings. The number of furan rings is 1. The van der Waals surface area contributed by atoms with Gasteiger partial charge in [0.1, 0.15) is 23.2 Å². The minimum absolute atomic E-state index is 0.0206. The van der Waals surface area contributed by atoms with Crippen LogP contribution in [0, 0.1) is 24.2 Å². The van der Waals surface area contributed by atoms with E-state index in [1.165, 1.54) is 24.3 Å². The Morgan fingerprint density at radius 3 is 2.44 bits per heavy atom. The molecule has 3 amide bonds. The summed E-state index contributed by atoms with van der Waals surface area (Å²) >= 11 is 0. The van der Waals surface area contributed by atoms with Crippen molar-refractivity contribution in [2.75, 3.05) is 31.5 Å². The van der Waals surface area contributed by atoms with Crippen molar-refractivity contribution in [3.05, 3.63) is 95.5 Å². The van der Waals surface area contributed by atoms with Gasteiger partial charge >= 0.3 is 0 Å². The smallest absolute Gasteiger partial charge is 0.251 e. The molecule has 2 aliphatic heterocycles. The molecule has 256 valence electrons. The maximum Gasteiger partial charge on any atom is 0.251 e. The lowest BCUT2D eigenvalue weighted by molar-refractivity contribution is -0.140. The number of benzene rings is 2. The molecule has 12 heteroatoms. The van der Waals surface area contributed by atoms with Crippen molar-refractivity contribution < 1.29 is 23.6 Å². The van der Waals surface area contributed by atoms with E-state index in [0.717, 1.165) is 29.6 Å². The lowest BCUT2D eigenvalue weighted by Crippen LogP contribution is -2.45. The Morgan fingerprint density at radius 2 is 1.70 bits per heavy atom. The summed E-state index contributed by atoms with van der Waals surface area (Å²) in [5.41, 5.74) is 2.71. The van der Waals surface area contributed by atoms with E-state index in [1.54, 1.807) is 46.5 Å². The fourth-order valence-electron chi connectivity index (χ4n) is 6.32. The van der Waals surface area contributed by atoms with E-state index >= 15 is 0 Å². The molecule has 6 rings (SSSR count). The molecule has 1 unspecified atom stereocenters. The maximum atomic E-state index is 14.0. The highest BCUT2D eigenvalue weighted by atomic mass is 16.3. The molecule has 2 aromatic carbocycles. The standard InChI is InChI=1S/C38H39N7O5/c1-25-20-29-21-30(11-12-33(29)50-25)42-36(43-32-6-2-3-19-45(38(32)49)24-34(46)44-17-4-5-18-44)31(22-39)35(47)27-7-9-28(10-8-27)37(48)41-23-26-13-15-40-16-14-26/h7-16,20-21,31-32H,2-6,17-19,23-24H2,1H3,(H,41,48)(H,42,43)/t31?,32-/m0/s1. The topological polar surface area (TPSA) is 161 Å². The van der Waals surface area contributed by atoms with Crippen LogP contribution >= 0.6 is 0 Å². The van der Waals surface area contributed by atoms with Gasteiger partial charge in [0.15, 0.2) is 11.7 Å². The number of nitrogens with zero attached hydrogens (tertiary/aromatic N) is 5. The zero-order chi connectivity index (χ0) is 35.0. The maximum absolute atomic E-state index is 14.0. The van der Waals surface area contributed by atoms with E-state index in [2.05, 4.69) is 21.7 Å². The third kappa shape index (κ3) is 8.06. The molecule has 0 radical (unpaired) electrons. The van der Waals surface area contributed by atoms with Gasteiger partial charge in [-0.05, 0) is 93.1 Å². The first-order valence-corrected chi connectivity index (χ1v) is 16.9. The number of hydrogen-bond acceptors (Lipinski definition) is 8. The third-order valence-corrected chi connectivity index (χ3v) is 9.04. The number of fused-ring (bicyclic) bond motifs is 1. The van der Waals surface area contributed by atoms with Crippen LogP contribution in [0.2, 0.25) is 0 Å². The number of amides is 3. The third-order valence-electron chi connectivity index (χ3n) is 9.04. The second-order valence-corrected chi connectivity index (χ2v) is 12.7. The summed E-state index contributed by atoms with van der Waals surface area (Å²) < 4.78 is 5.71. The lowest BCUT2D eigenvalue weighted by Gasteiger charge is -2.25. The summed E-state index contributed by atoms with van der Waals surface area (Å²) in [5.74, 6) is -1.86. The van der Waals surface area contributed by atoms with Crippen LogP contribution in [0.25, 0.3) is 11.0 Å². The van der Waals surface area contributed by atoms with Gasteiger partial charge in [0.05, 0.1) is 12.6 Å². The normalized spacial score (nSPS) is 17.2. The first-order chi connectivity index (χ1) is 24.3. The van der Waals surface area contributed by atoms with E-state index < -0.39 is 17.7 Å². The molecule has 4 heterocycles. The SMILES string of the molecule is Cc1cc2cc(NC(=N[C@H]3CCCCN(CC(=O)N4CCCC4)C3=O)C(C#N)C(=O)c3ccc(C(=O)NCc4ccncc4)cc3)ccc2o1. The number of likely N-dealkylation sites (tertiary alicyclic amines) is 2. The van der Waals surface area contributed by atoms with E-state index in [1.807, 2.05) is 19.1 Å². The highest BCUT2D eigenvalue weighted by Crippen LogP contribution is 2.25. The molecule has 2 aromatic heterocycles. The van der Waals surface area contributed by atoms with Crippen LogP contribution in [0.3, 0.4) is 0 Å². The van der Waals surface area contributed by atoms with E-state index in [0.29, 0.717) is 62.3 Å². The van der Waals surface area contributed by atoms with Crippen LogP contribution in [0.5, 0.6) is 0 Å². The quantitative estimate of drug-likeness (QED) is 0.137. The Kier molecular flexibility index (Phi) is 10.6. The fourth-order valence-corrected chi connectivity index (χ4v) is 6.32. The minimum Gasteiger partial charge on any atom is -0.461 e. The van der Waals surface area contributed by atoms with Crippen molar-refractivity contribution in [3.8, 4) is 6.07 Å². The van der Waals surface area contributed by atoms with Gasteiger partial charge in [0.2, 0.25) is 11.8 Å². The Balaban J connectivity index is 1.25. The summed E-state index contributed by atoms with van der Waals surface area (Å²) in [6.45, 7) is 3.97. The number of aromatic nitrogens is 1. The fraction of sp³-hybridized carbons (Fsp3) is 0.342. The van der Waals surface area contributed by atoms with Crippen molar-refractivity contribution in [1.29, 1.82) is 5.26 Å². The number of anilines is 1. The average Bonchev–Trinajstić information content (AvgIpc) is 3.77. The van der Waals surface area contributed by atoms with Crippen LogP contribution < -0.4 is 10.6 Å². The van der Waals surface area contributed by atoms with Crippen molar-refractivity contribution in [2.45, 2.75) is 51.6 Å². The largest absolute Gasteiger partial charge is 0.461 e. The van der Waals surface area contributed by atoms with Crippen LogP contribution in [0.4, 0.5) is 5.69 Å². The number of ketones is 1. The number of rotatable bonds is 10. The number of nitrogens with one attached hydrogen (secondary N) is 2. The van der Waals surface area contributed by atoms with Crippen molar-refractivity contribution in [1.82, 2.24) is 20.1 Å². The van der Waals surface area contributed by atoms with E-state index in [-0.39, 0.29) is 35.7 Å². The van der Waals surface area contributed by atoms with E-state index in [9.17, 15) is 24.4 Å². The van der Waals surface area contributed by atoms with E-state index in [4.69, 9.17) is 9.41 Å². The van der Waals surface area contributed by atoms with Crippen LogP contribution in [0.15, 0.2) is 82.5 Å². The summed E-state index contributed by atoms with van der Waals surface area (Å²) in [6.07, 6.45) is 7.03. The Hall–Kier alpha value is -5.83. The predicted molar refractivity (Wildman–Crippen MR) is 187 cm³/mol. The van der Waals surface area contributed by atoms with Crippen molar-refractivity contribution in [2.24, 2.45) is 10.9 Å². The van der Waals surface area contributed by atoms with Gasteiger partial charge in [-0.3, -0.25) is 29.2 Å². The molecule has 2 atom stereocenters. The number of amidine groups is 1. The predicted octanol–water partition coefficient (Wildman–Crippen LogP) is 4.90. The average molecular weight is 674 g/mol. The van der Waals surface area contributed by atoms with Gasteiger partial charge in [0, 0.05) is 60.8 Å². The number of carbonyl (C=O) groups is 4. The molecule has 12 nitrogen and oxygen atoms in total. The molecular formula is C38H39N7O5.